The highest BCUT2D eigenvalue weighted by molar-refractivity contribution is 5.38. The van der Waals surface area contributed by atoms with E-state index in [4.69, 9.17) is 5.26 Å². The van der Waals surface area contributed by atoms with Crippen molar-refractivity contribution in [1.29, 1.82) is 5.26 Å². The van der Waals surface area contributed by atoms with E-state index < -0.39 is 0 Å². The van der Waals surface area contributed by atoms with Crippen LogP contribution in [0.4, 0.5) is 5.82 Å². The van der Waals surface area contributed by atoms with Crippen molar-refractivity contribution in [3.8, 4) is 6.07 Å². The Morgan fingerprint density at radius 2 is 2.06 bits per heavy atom. The molecule has 2 heterocycles. The van der Waals surface area contributed by atoms with Gasteiger partial charge in [-0.2, -0.15) is 5.26 Å². The molecule has 0 N–H and O–H groups in total. The van der Waals surface area contributed by atoms with E-state index in [0.29, 0.717) is 6.42 Å². The summed E-state index contributed by atoms with van der Waals surface area (Å²) in [4.78, 5) is 9.11. The van der Waals surface area contributed by atoms with Crippen molar-refractivity contribution in [3.05, 3.63) is 24.4 Å². The first-order valence-electron chi connectivity index (χ1n) is 6.15. The van der Waals surface area contributed by atoms with Crippen LogP contribution in [0.5, 0.6) is 0 Å². The maximum absolute atomic E-state index is 8.50. The molecule has 0 atom stereocenters. The van der Waals surface area contributed by atoms with Gasteiger partial charge in [0.2, 0.25) is 0 Å². The number of pyridine rings is 1. The molecule has 0 unspecified atom stereocenters. The van der Waals surface area contributed by atoms with Crippen LogP contribution >= 0.6 is 0 Å². The van der Waals surface area contributed by atoms with Crippen LogP contribution in [0.25, 0.3) is 0 Å². The van der Waals surface area contributed by atoms with E-state index in [1.807, 2.05) is 18.3 Å². The van der Waals surface area contributed by atoms with Crippen molar-refractivity contribution in [1.82, 2.24) is 9.88 Å². The lowest BCUT2D eigenvalue weighted by Gasteiger charge is -2.35. The van der Waals surface area contributed by atoms with Crippen LogP contribution in [0.15, 0.2) is 24.4 Å². The highest BCUT2D eigenvalue weighted by Gasteiger charge is 2.16. The topological polar surface area (TPSA) is 43.2 Å². The Morgan fingerprint density at radius 3 is 2.71 bits per heavy atom. The molecule has 0 saturated carbocycles. The Hall–Kier alpha value is -1.60. The van der Waals surface area contributed by atoms with E-state index in [1.165, 1.54) is 0 Å². The summed E-state index contributed by atoms with van der Waals surface area (Å²) in [7, 11) is 0. The molecule has 17 heavy (non-hydrogen) atoms. The first kappa shape index (κ1) is 11.9. The molecule has 0 aliphatic carbocycles. The number of piperazine rings is 1. The van der Waals surface area contributed by atoms with Crippen molar-refractivity contribution >= 4 is 5.82 Å². The minimum atomic E-state index is 0.667. The molecule has 0 spiro atoms. The summed E-state index contributed by atoms with van der Waals surface area (Å²) in [6.45, 7) is 5.25. The molecule has 4 nitrogen and oxygen atoms in total. The second kappa shape index (κ2) is 6.21. The van der Waals surface area contributed by atoms with Gasteiger partial charge in [0.05, 0.1) is 6.07 Å². The summed E-state index contributed by atoms with van der Waals surface area (Å²) < 4.78 is 0. The van der Waals surface area contributed by atoms with Crippen molar-refractivity contribution < 1.29 is 0 Å². The third-order valence-electron chi connectivity index (χ3n) is 3.11. The second-order valence-electron chi connectivity index (χ2n) is 4.28. The van der Waals surface area contributed by atoms with Gasteiger partial charge in [0, 0.05) is 38.8 Å². The molecule has 4 heteroatoms. The molecule has 0 radical (unpaired) electrons. The van der Waals surface area contributed by atoms with Crippen molar-refractivity contribution in [2.75, 3.05) is 37.6 Å². The molecule has 1 aliphatic rings. The van der Waals surface area contributed by atoms with Crippen LogP contribution in [0.3, 0.4) is 0 Å². The van der Waals surface area contributed by atoms with Gasteiger partial charge in [0.25, 0.3) is 0 Å². The number of unbranched alkanes of at least 4 members (excludes halogenated alkanes) is 1. The van der Waals surface area contributed by atoms with E-state index in [1.54, 1.807) is 0 Å². The number of hydrogen-bond acceptors (Lipinski definition) is 4. The SMILES string of the molecule is N#CCCCN1CCN(c2ccccn2)CC1. The summed E-state index contributed by atoms with van der Waals surface area (Å²) in [6.07, 6.45) is 3.50. The maximum atomic E-state index is 8.50. The van der Waals surface area contributed by atoms with Gasteiger partial charge in [0.1, 0.15) is 5.82 Å². The first-order chi connectivity index (χ1) is 8.40. The molecule has 90 valence electrons. The number of nitrogens with zero attached hydrogens (tertiary/aromatic N) is 4. The Balaban J connectivity index is 1.77. The molecule has 1 saturated heterocycles. The summed E-state index contributed by atoms with van der Waals surface area (Å²) in [5.74, 6) is 1.07. The van der Waals surface area contributed by atoms with Crippen LogP contribution in [0, 0.1) is 11.3 Å². The van der Waals surface area contributed by atoms with Crippen molar-refractivity contribution in [3.63, 3.8) is 0 Å². The third kappa shape index (κ3) is 3.43. The Bertz CT molecular complexity index is 363. The Labute approximate surface area is 102 Å². The normalized spacial score (nSPS) is 16.8. The zero-order valence-electron chi connectivity index (χ0n) is 10.0. The Morgan fingerprint density at radius 1 is 1.24 bits per heavy atom. The van der Waals surface area contributed by atoms with Gasteiger partial charge in [-0.15, -0.1) is 0 Å². The van der Waals surface area contributed by atoms with Gasteiger partial charge in [-0.1, -0.05) is 6.07 Å². The zero-order valence-corrected chi connectivity index (χ0v) is 10.0. The van der Waals surface area contributed by atoms with Crippen LogP contribution in [-0.2, 0) is 0 Å². The van der Waals surface area contributed by atoms with Gasteiger partial charge in [0.15, 0.2) is 0 Å². The average molecular weight is 230 g/mol. The summed E-state index contributed by atoms with van der Waals surface area (Å²) in [6, 6.07) is 8.23. The van der Waals surface area contributed by atoms with Crippen LogP contribution < -0.4 is 4.90 Å². The maximum Gasteiger partial charge on any atom is 0.128 e. The first-order valence-corrected chi connectivity index (χ1v) is 6.15. The fraction of sp³-hybridized carbons (Fsp3) is 0.538. The van der Waals surface area contributed by atoms with Gasteiger partial charge < -0.3 is 4.90 Å². The summed E-state index contributed by atoms with van der Waals surface area (Å²) in [5.41, 5.74) is 0. The molecule has 2 rings (SSSR count). The largest absolute Gasteiger partial charge is 0.354 e. The smallest absolute Gasteiger partial charge is 0.128 e. The molecule has 0 amide bonds. The summed E-state index contributed by atoms with van der Waals surface area (Å²) >= 11 is 0. The van der Waals surface area contributed by atoms with E-state index in [2.05, 4.69) is 26.9 Å². The number of aromatic nitrogens is 1. The monoisotopic (exact) mass is 230 g/mol. The van der Waals surface area contributed by atoms with Gasteiger partial charge in [-0.05, 0) is 25.1 Å². The van der Waals surface area contributed by atoms with Gasteiger partial charge in [-0.25, -0.2) is 4.98 Å². The number of anilines is 1. The highest BCUT2D eigenvalue weighted by atomic mass is 15.3. The molecular formula is C13H18N4. The van der Waals surface area contributed by atoms with Gasteiger partial charge in [-0.3, -0.25) is 4.90 Å². The van der Waals surface area contributed by atoms with Crippen LogP contribution in [0.1, 0.15) is 12.8 Å². The molecule has 0 bridgehead atoms. The Kier molecular flexibility index (Phi) is 4.34. The lowest BCUT2D eigenvalue weighted by Crippen LogP contribution is -2.46. The standard InChI is InChI=1S/C13H18N4/c14-6-2-4-8-16-9-11-17(12-10-16)13-5-1-3-7-15-13/h1,3,5,7H,2,4,8-12H2. The minimum absolute atomic E-state index is 0.667. The highest BCUT2D eigenvalue weighted by Crippen LogP contribution is 2.12. The van der Waals surface area contributed by atoms with E-state index >= 15 is 0 Å². The van der Waals surface area contributed by atoms with Crippen molar-refractivity contribution in [2.45, 2.75) is 12.8 Å². The van der Waals surface area contributed by atoms with Crippen LogP contribution in [-0.4, -0.2) is 42.6 Å². The van der Waals surface area contributed by atoms with E-state index in [9.17, 15) is 0 Å². The lowest BCUT2D eigenvalue weighted by molar-refractivity contribution is 0.255. The molecule has 1 aliphatic heterocycles. The molecule has 0 aromatic carbocycles. The third-order valence-corrected chi connectivity index (χ3v) is 3.11. The van der Waals surface area contributed by atoms with E-state index in [-0.39, 0.29) is 0 Å². The molecule has 1 aromatic rings. The fourth-order valence-corrected chi connectivity index (χ4v) is 2.12. The molecular weight excluding hydrogens is 212 g/mol. The lowest BCUT2D eigenvalue weighted by atomic mass is 10.2. The predicted molar refractivity (Wildman–Crippen MR) is 67.7 cm³/mol. The average Bonchev–Trinajstić information content (AvgIpc) is 2.41. The number of nitriles is 1. The number of hydrogen-bond donors (Lipinski definition) is 0. The number of rotatable bonds is 4. The quantitative estimate of drug-likeness (QED) is 0.735. The van der Waals surface area contributed by atoms with Gasteiger partial charge >= 0.3 is 0 Å². The second-order valence-corrected chi connectivity index (χ2v) is 4.28. The zero-order chi connectivity index (χ0) is 11.9. The molecule has 1 fully saturated rings. The summed E-state index contributed by atoms with van der Waals surface area (Å²) in [5, 5.41) is 8.50. The van der Waals surface area contributed by atoms with E-state index in [0.717, 1.165) is 45.0 Å². The minimum Gasteiger partial charge on any atom is -0.354 e. The van der Waals surface area contributed by atoms with Crippen molar-refractivity contribution in [2.24, 2.45) is 0 Å². The van der Waals surface area contributed by atoms with Crippen LogP contribution in [0.2, 0.25) is 0 Å². The molecule has 1 aromatic heterocycles. The predicted octanol–water partition coefficient (Wildman–Crippen LogP) is 1.51. The fourth-order valence-electron chi connectivity index (χ4n) is 2.12.